The van der Waals surface area contributed by atoms with Gasteiger partial charge in [-0.15, -0.1) is 0 Å². The van der Waals surface area contributed by atoms with E-state index in [9.17, 15) is 4.79 Å². The van der Waals surface area contributed by atoms with Gasteiger partial charge in [-0.2, -0.15) is 0 Å². The molecule has 1 aromatic rings. The monoisotopic (exact) mass is 264 g/mol. The molecule has 1 amide bonds. The maximum Gasteiger partial charge on any atom is 0.251 e. The fraction of sp³-hybridized carbons (Fsp3) is 0.571. The molecule has 19 heavy (non-hydrogen) atoms. The second-order valence-corrected chi connectivity index (χ2v) is 4.99. The van der Waals surface area contributed by atoms with E-state index < -0.39 is 0 Å². The molecule has 0 spiro atoms. The molecule has 5 heteroatoms. The van der Waals surface area contributed by atoms with Gasteiger partial charge in [0.2, 0.25) is 0 Å². The fourth-order valence-corrected chi connectivity index (χ4v) is 1.82. The lowest BCUT2D eigenvalue weighted by molar-refractivity contribution is 0.0934. The Morgan fingerprint density at radius 3 is 2.84 bits per heavy atom. The normalized spacial score (nSPS) is 12.3. The number of anilines is 1. The van der Waals surface area contributed by atoms with E-state index in [2.05, 4.69) is 22.5 Å². The zero-order valence-electron chi connectivity index (χ0n) is 12.2. The summed E-state index contributed by atoms with van der Waals surface area (Å²) in [6.45, 7) is 5.76. The lowest BCUT2D eigenvalue weighted by atomic mass is 10.2. The van der Waals surface area contributed by atoms with Gasteiger partial charge in [0, 0.05) is 30.9 Å². The van der Waals surface area contributed by atoms with Gasteiger partial charge in [-0.3, -0.25) is 4.79 Å². The topological polar surface area (TPSA) is 57.3 Å². The van der Waals surface area contributed by atoms with Crippen LogP contribution < -0.4 is 10.6 Å². The Kier molecular flexibility index (Phi) is 6.29. The van der Waals surface area contributed by atoms with Crippen LogP contribution in [0.2, 0.25) is 0 Å². The van der Waals surface area contributed by atoms with E-state index in [4.69, 9.17) is 0 Å². The first kappa shape index (κ1) is 15.4. The molecule has 1 rings (SSSR count). The standard InChI is InChI=1S/C14H24N4O/c1-5-7-15-13-9-12(6-8-16-13)14(19)17-11(2)10-18(3)4/h6,8-9,11H,5,7,10H2,1-4H3,(H,15,16)(H,17,19). The van der Waals surface area contributed by atoms with Crippen LogP contribution in [0.4, 0.5) is 5.82 Å². The molecule has 1 aromatic heterocycles. The van der Waals surface area contributed by atoms with Gasteiger partial charge in [-0.25, -0.2) is 4.98 Å². The maximum atomic E-state index is 12.1. The molecule has 0 fully saturated rings. The second kappa shape index (κ2) is 7.74. The summed E-state index contributed by atoms with van der Waals surface area (Å²) in [5.41, 5.74) is 0.638. The number of nitrogens with one attached hydrogen (secondary N) is 2. The highest BCUT2D eigenvalue weighted by Gasteiger charge is 2.11. The van der Waals surface area contributed by atoms with Gasteiger partial charge in [-0.05, 0) is 39.6 Å². The van der Waals surface area contributed by atoms with Crippen LogP contribution in [-0.4, -0.2) is 49.0 Å². The Balaban J connectivity index is 2.61. The van der Waals surface area contributed by atoms with Crippen molar-refractivity contribution in [3.8, 4) is 0 Å². The lowest BCUT2D eigenvalue weighted by Crippen LogP contribution is -2.39. The van der Waals surface area contributed by atoms with Crippen LogP contribution in [0.1, 0.15) is 30.6 Å². The highest BCUT2D eigenvalue weighted by molar-refractivity contribution is 5.94. The Labute approximate surface area is 115 Å². The van der Waals surface area contributed by atoms with Gasteiger partial charge in [0.1, 0.15) is 5.82 Å². The van der Waals surface area contributed by atoms with Crippen molar-refractivity contribution in [2.75, 3.05) is 32.5 Å². The molecular weight excluding hydrogens is 240 g/mol. The van der Waals surface area contributed by atoms with Crippen LogP contribution in [0.15, 0.2) is 18.3 Å². The van der Waals surface area contributed by atoms with Crippen molar-refractivity contribution in [3.05, 3.63) is 23.9 Å². The minimum atomic E-state index is -0.0590. The molecule has 0 aliphatic heterocycles. The third-order valence-corrected chi connectivity index (χ3v) is 2.59. The number of likely N-dealkylation sites (N-methyl/N-ethyl adjacent to an activating group) is 1. The van der Waals surface area contributed by atoms with Crippen molar-refractivity contribution in [1.82, 2.24) is 15.2 Å². The van der Waals surface area contributed by atoms with Crippen LogP contribution >= 0.6 is 0 Å². The summed E-state index contributed by atoms with van der Waals surface area (Å²) in [6, 6.07) is 3.63. The van der Waals surface area contributed by atoms with Gasteiger partial charge in [-0.1, -0.05) is 6.92 Å². The van der Waals surface area contributed by atoms with E-state index in [1.165, 1.54) is 0 Å². The zero-order valence-corrected chi connectivity index (χ0v) is 12.2. The molecule has 106 valence electrons. The summed E-state index contributed by atoms with van der Waals surface area (Å²) in [5, 5.41) is 6.15. The third-order valence-electron chi connectivity index (χ3n) is 2.59. The van der Waals surface area contributed by atoms with Crippen molar-refractivity contribution in [3.63, 3.8) is 0 Å². The molecule has 0 aromatic carbocycles. The number of carbonyl (C=O) groups excluding carboxylic acids is 1. The Morgan fingerprint density at radius 1 is 1.47 bits per heavy atom. The van der Waals surface area contributed by atoms with Crippen molar-refractivity contribution < 1.29 is 4.79 Å². The lowest BCUT2D eigenvalue weighted by Gasteiger charge is -2.18. The fourth-order valence-electron chi connectivity index (χ4n) is 1.82. The van der Waals surface area contributed by atoms with Gasteiger partial charge >= 0.3 is 0 Å². The van der Waals surface area contributed by atoms with E-state index in [1.54, 1.807) is 18.3 Å². The second-order valence-electron chi connectivity index (χ2n) is 4.99. The number of aromatic nitrogens is 1. The van der Waals surface area contributed by atoms with Crippen LogP contribution in [0.5, 0.6) is 0 Å². The minimum Gasteiger partial charge on any atom is -0.370 e. The quantitative estimate of drug-likeness (QED) is 0.785. The summed E-state index contributed by atoms with van der Waals surface area (Å²) in [4.78, 5) is 18.3. The predicted molar refractivity (Wildman–Crippen MR) is 78.5 cm³/mol. The summed E-state index contributed by atoms with van der Waals surface area (Å²) >= 11 is 0. The van der Waals surface area contributed by atoms with E-state index in [-0.39, 0.29) is 11.9 Å². The minimum absolute atomic E-state index is 0.0590. The molecule has 2 N–H and O–H groups in total. The van der Waals surface area contributed by atoms with Gasteiger partial charge in [0.25, 0.3) is 5.91 Å². The van der Waals surface area contributed by atoms with Crippen LogP contribution in [-0.2, 0) is 0 Å². The number of hydrogen-bond donors (Lipinski definition) is 2. The molecule has 0 radical (unpaired) electrons. The van der Waals surface area contributed by atoms with Crippen LogP contribution in [0.25, 0.3) is 0 Å². The first-order chi connectivity index (χ1) is 9.02. The SMILES string of the molecule is CCCNc1cc(C(=O)NC(C)CN(C)C)ccn1. The van der Waals surface area contributed by atoms with Gasteiger partial charge < -0.3 is 15.5 Å². The van der Waals surface area contributed by atoms with E-state index in [0.717, 1.165) is 25.3 Å². The largest absolute Gasteiger partial charge is 0.370 e. The number of rotatable bonds is 7. The molecule has 1 atom stereocenters. The first-order valence-electron chi connectivity index (χ1n) is 6.68. The molecule has 0 saturated heterocycles. The molecule has 5 nitrogen and oxygen atoms in total. The highest BCUT2D eigenvalue weighted by atomic mass is 16.1. The molecule has 0 saturated carbocycles. The summed E-state index contributed by atoms with van der Waals surface area (Å²) in [6.07, 6.45) is 2.68. The average molecular weight is 264 g/mol. The Hall–Kier alpha value is -1.62. The van der Waals surface area contributed by atoms with Crippen LogP contribution in [0.3, 0.4) is 0 Å². The van der Waals surface area contributed by atoms with Crippen molar-refractivity contribution in [2.45, 2.75) is 26.3 Å². The summed E-state index contributed by atoms with van der Waals surface area (Å²) in [5.74, 6) is 0.686. The number of carbonyl (C=O) groups is 1. The van der Waals surface area contributed by atoms with E-state index >= 15 is 0 Å². The average Bonchev–Trinajstić information content (AvgIpc) is 2.35. The van der Waals surface area contributed by atoms with E-state index in [0.29, 0.717) is 5.56 Å². The summed E-state index contributed by atoms with van der Waals surface area (Å²) < 4.78 is 0. The van der Waals surface area contributed by atoms with E-state index in [1.807, 2.05) is 25.9 Å². The predicted octanol–water partition coefficient (Wildman–Crippen LogP) is 1.58. The summed E-state index contributed by atoms with van der Waals surface area (Å²) in [7, 11) is 3.98. The first-order valence-corrected chi connectivity index (χ1v) is 6.68. The maximum absolute atomic E-state index is 12.1. The van der Waals surface area contributed by atoms with Crippen molar-refractivity contribution in [1.29, 1.82) is 0 Å². The van der Waals surface area contributed by atoms with Crippen molar-refractivity contribution >= 4 is 11.7 Å². The van der Waals surface area contributed by atoms with Crippen LogP contribution in [0, 0.1) is 0 Å². The molecule has 0 aliphatic rings. The molecule has 0 bridgehead atoms. The Bertz CT molecular complexity index is 406. The number of hydrogen-bond acceptors (Lipinski definition) is 4. The number of pyridine rings is 1. The van der Waals surface area contributed by atoms with Gasteiger partial charge in [0.15, 0.2) is 0 Å². The molecule has 1 unspecified atom stereocenters. The smallest absolute Gasteiger partial charge is 0.251 e. The number of amides is 1. The molecular formula is C14H24N4O. The van der Waals surface area contributed by atoms with Gasteiger partial charge in [0.05, 0.1) is 0 Å². The highest BCUT2D eigenvalue weighted by Crippen LogP contribution is 2.07. The Morgan fingerprint density at radius 2 is 2.21 bits per heavy atom. The van der Waals surface area contributed by atoms with Crippen molar-refractivity contribution in [2.24, 2.45) is 0 Å². The molecule has 0 aliphatic carbocycles. The number of nitrogens with zero attached hydrogens (tertiary/aromatic N) is 2. The zero-order chi connectivity index (χ0) is 14.3. The molecule has 1 heterocycles. The third kappa shape index (κ3) is 5.70.